The third kappa shape index (κ3) is 3.43. The Labute approximate surface area is 99.5 Å². The molecular formula is C11H24N2O2S. The number of rotatable bonds is 3. The third-order valence-electron chi connectivity index (χ3n) is 3.04. The van der Waals surface area contributed by atoms with Crippen LogP contribution in [0.15, 0.2) is 0 Å². The Morgan fingerprint density at radius 1 is 1.38 bits per heavy atom. The summed E-state index contributed by atoms with van der Waals surface area (Å²) in [6.45, 7) is 8.26. The van der Waals surface area contributed by atoms with E-state index in [1.165, 1.54) is 0 Å². The van der Waals surface area contributed by atoms with Gasteiger partial charge in [-0.3, -0.25) is 0 Å². The van der Waals surface area contributed by atoms with Crippen LogP contribution in [0.3, 0.4) is 0 Å². The molecule has 0 radical (unpaired) electrons. The lowest BCUT2D eigenvalue weighted by molar-refractivity contribution is 0.213. The lowest BCUT2D eigenvalue weighted by Gasteiger charge is -2.39. The van der Waals surface area contributed by atoms with Crippen molar-refractivity contribution in [3.05, 3.63) is 0 Å². The fraction of sp³-hybridized carbons (Fsp3) is 1.00. The molecule has 1 rings (SSSR count). The smallest absolute Gasteiger partial charge is 0.214 e. The molecule has 0 atom stereocenters. The van der Waals surface area contributed by atoms with E-state index in [1.54, 1.807) is 4.31 Å². The Balaban J connectivity index is 2.88. The molecule has 1 fully saturated rings. The normalized spacial score (nSPS) is 25.9. The molecule has 0 aromatic carbocycles. The van der Waals surface area contributed by atoms with Gasteiger partial charge in [0.2, 0.25) is 10.0 Å². The first-order chi connectivity index (χ1) is 7.40. The molecule has 1 aliphatic heterocycles. The molecule has 0 saturated carbocycles. The minimum absolute atomic E-state index is 0.271. The Morgan fingerprint density at radius 3 is 2.69 bits per heavy atom. The molecule has 96 valence electrons. The predicted octanol–water partition coefficient (Wildman–Crippen LogP) is 1.19. The zero-order valence-corrected chi connectivity index (χ0v) is 11.4. The van der Waals surface area contributed by atoms with Gasteiger partial charge in [0.1, 0.15) is 0 Å². The van der Waals surface area contributed by atoms with Crippen molar-refractivity contribution in [3.8, 4) is 0 Å². The fourth-order valence-electron chi connectivity index (χ4n) is 2.09. The standard InChI is InChI=1S/C11H24N2O2S/c1-4-5-8-13-11(2,3)10-12-7-6-9-16(13,14)15/h12H,4-10H2,1-3H3. The highest BCUT2D eigenvalue weighted by molar-refractivity contribution is 7.89. The molecule has 0 aromatic heterocycles. The summed E-state index contributed by atoms with van der Waals surface area (Å²) in [6, 6.07) is 0. The van der Waals surface area contributed by atoms with Crippen LogP contribution in [0.25, 0.3) is 0 Å². The molecule has 16 heavy (non-hydrogen) atoms. The maximum Gasteiger partial charge on any atom is 0.214 e. The van der Waals surface area contributed by atoms with Crippen molar-refractivity contribution in [2.45, 2.75) is 45.6 Å². The van der Waals surface area contributed by atoms with Crippen molar-refractivity contribution < 1.29 is 8.42 Å². The van der Waals surface area contributed by atoms with Gasteiger partial charge < -0.3 is 5.32 Å². The van der Waals surface area contributed by atoms with E-state index in [9.17, 15) is 8.42 Å². The number of sulfonamides is 1. The number of unbranched alkanes of at least 4 members (excludes halogenated alkanes) is 1. The first-order valence-corrected chi connectivity index (χ1v) is 7.72. The summed E-state index contributed by atoms with van der Waals surface area (Å²) in [6.07, 6.45) is 2.67. The lowest BCUT2D eigenvalue weighted by Crippen LogP contribution is -2.55. The van der Waals surface area contributed by atoms with E-state index in [4.69, 9.17) is 0 Å². The highest BCUT2D eigenvalue weighted by atomic mass is 32.2. The van der Waals surface area contributed by atoms with Gasteiger partial charge >= 0.3 is 0 Å². The van der Waals surface area contributed by atoms with Crippen LogP contribution in [0.2, 0.25) is 0 Å². The molecule has 1 heterocycles. The highest BCUT2D eigenvalue weighted by Gasteiger charge is 2.36. The van der Waals surface area contributed by atoms with Crippen LogP contribution in [0.4, 0.5) is 0 Å². The predicted molar refractivity (Wildman–Crippen MR) is 67.0 cm³/mol. The van der Waals surface area contributed by atoms with Gasteiger partial charge in [-0.05, 0) is 33.2 Å². The van der Waals surface area contributed by atoms with E-state index >= 15 is 0 Å². The van der Waals surface area contributed by atoms with E-state index < -0.39 is 10.0 Å². The first kappa shape index (κ1) is 13.9. The van der Waals surface area contributed by atoms with E-state index in [1.807, 2.05) is 13.8 Å². The minimum Gasteiger partial charge on any atom is -0.315 e. The van der Waals surface area contributed by atoms with Crippen molar-refractivity contribution in [1.82, 2.24) is 9.62 Å². The highest BCUT2D eigenvalue weighted by Crippen LogP contribution is 2.21. The average molecular weight is 248 g/mol. The van der Waals surface area contributed by atoms with Crippen LogP contribution in [0.1, 0.15) is 40.0 Å². The van der Waals surface area contributed by atoms with Gasteiger partial charge in [-0.2, -0.15) is 4.31 Å². The molecule has 0 amide bonds. The van der Waals surface area contributed by atoms with Crippen molar-refractivity contribution >= 4 is 10.0 Å². The van der Waals surface area contributed by atoms with E-state index in [0.29, 0.717) is 13.0 Å². The molecule has 0 aromatic rings. The van der Waals surface area contributed by atoms with Crippen molar-refractivity contribution in [1.29, 1.82) is 0 Å². The second-order valence-electron chi connectivity index (χ2n) is 5.08. The molecule has 5 heteroatoms. The van der Waals surface area contributed by atoms with Gasteiger partial charge in [-0.1, -0.05) is 13.3 Å². The van der Waals surface area contributed by atoms with Crippen LogP contribution in [0.5, 0.6) is 0 Å². The third-order valence-corrected chi connectivity index (χ3v) is 5.19. The zero-order valence-electron chi connectivity index (χ0n) is 10.6. The average Bonchev–Trinajstić information content (AvgIpc) is 2.15. The van der Waals surface area contributed by atoms with Crippen molar-refractivity contribution in [3.63, 3.8) is 0 Å². The Hall–Kier alpha value is -0.130. The number of nitrogens with zero attached hydrogens (tertiary/aromatic N) is 1. The lowest BCUT2D eigenvalue weighted by atomic mass is 10.1. The molecule has 0 aliphatic carbocycles. The molecule has 1 aliphatic rings. The second kappa shape index (κ2) is 5.47. The molecule has 1 saturated heterocycles. The van der Waals surface area contributed by atoms with E-state index in [0.717, 1.165) is 25.9 Å². The Morgan fingerprint density at radius 2 is 2.06 bits per heavy atom. The Bertz CT molecular complexity index is 312. The summed E-state index contributed by atoms with van der Waals surface area (Å²) in [5, 5.41) is 3.32. The van der Waals surface area contributed by atoms with Gasteiger partial charge in [-0.25, -0.2) is 8.42 Å². The number of hydrogen-bond donors (Lipinski definition) is 1. The molecular weight excluding hydrogens is 224 g/mol. The van der Waals surface area contributed by atoms with Gasteiger partial charge in [0, 0.05) is 18.6 Å². The monoisotopic (exact) mass is 248 g/mol. The van der Waals surface area contributed by atoms with Crippen LogP contribution < -0.4 is 5.32 Å². The number of hydrogen-bond acceptors (Lipinski definition) is 3. The van der Waals surface area contributed by atoms with Gasteiger partial charge in [-0.15, -0.1) is 0 Å². The quantitative estimate of drug-likeness (QED) is 0.816. The van der Waals surface area contributed by atoms with Gasteiger partial charge in [0.25, 0.3) is 0 Å². The van der Waals surface area contributed by atoms with Crippen LogP contribution in [0, 0.1) is 0 Å². The van der Waals surface area contributed by atoms with Crippen molar-refractivity contribution in [2.75, 3.05) is 25.4 Å². The maximum absolute atomic E-state index is 12.2. The van der Waals surface area contributed by atoms with E-state index in [2.05, 4.69) is 12.2 Å². The van der Waals surface area contributed by atoms with Crippen LogP contribution in [-0.4, -0.2) is 43.6 Å². The second-order valence-corrected chi connectivity index (χ2v) is 7.10. The molecule has 0 unspecified atom stereocenters. The summed E-state index contributed by atoms with van der Waals surface area (Å²) < 4.78 is 26.0. The fourth-order valence-corrected chi connectivity index (χ4v) is 4.05. The number of nitrogens with one attached hydrogen (secondary N) is 1. The summed E-state index contributed by atoms with van der Waals surface area (Å²) in [5.74, 6) is 0.271. The summed E-state index contributed by atoms with van der Waals surface area (Å²) in [5.41, 5.74) is -0.311. The summed E-state index contributed by atoms with van der Waals surface area (Å²) >= 11 is 0. The first-order valence-electron chi connectivity index (χ1n) is 6.11. The minimum atomic E-state index is -3.07. The van der Waals surface area contributed by atoms with E-state index in [-0.39, 0.29) is 11.3 Å². The Kier molecular flexibility index (Phi) is 4.76. The molecule has 0 bridgehead atoms. The zero-order chi connectivity index (χ0) is 12.2. The molecule has 1 N–H and O–H groups in total. The van der Waals surface area contributed by atoms with Crippen LogP contribution in [-0.2, 0) is 10.0 Å². The van der Waals surface area contributed by atoms with Crippen molar-refractivity contribution in [2.24, 2.45) is 0 Å². The van der Waals surface area contributed by atoms with Gasteiger partial charge in [0.15, 0.2) is 0 Å². The summed E-state index contributed by atoms with van der Waals surface area (Å²) in [4.78, 5) is 0. The van der Waals surface area contributed by atoms with Crippen LogP contribution >= 0.6 is 0 Å². The molecule has 4 nitrogen and oxygen atoms in total. The maximum atomic E-state index is 12.2. The van der Waals surface area contributed by atoms with Gasteiger partial charge in [0.05, 0.1) is 5.75 Å². The SMILES string of the molecule is CCCCN1C(C)(C)CNCCCS1(=O)=O. The topological polar surface area (TPSA) is 49.4 Å². The largest absolute Gasteiger partial charge is 0.315 e. The molecule has 0 spiro atoms. The summed E-state index contributed by atoms with van der Waals surface area (Å²) in [7, 11) is -3.07.